The summed E-state index contributed by atoms with van der Waals surface area (Å²) in [6.07, 6.45) is 0.868. The molecule has 0 aromatic carbocycles. The van der Waals surface area contributed by atoms with Crippen LogP contribution in [0.2, 0.25) is 0 Å². The molecule has 1 atom stereocenters. The molecule has 0 amide bonds. The summed E-state index contributed by atoms with van der Waals surface area (Å²) in [7, 11) is -0.159. The Bertz CT molecular complexity index is 137. The first kappa shape index (κ1) is 10.1. The SMILES string of the molecule is CCCP(=O)(O)ON(C)C. The molecule has 4 nitrogen and oxygen atoms in total. The number of rotatable bonds is 4. The van der Waals surface area contributed by atoms with Crippen LogP contribution in [-0.2, 0) is 9.19 Å². The van der Waals surface area contributed by atoms with Gasteiger partial charge in [0, 0.05) is 14.1 Å². The maximum Gasteiger partial charge on any atom is 0.344 e. The van der Waals surface area contributed by atoms with E-state index < -0.39 is 7.60 Å². The summed E-state index contributed by atoms with van der Waals surface area (Å²) >= 11 is 0. The Labute approximate surface area is 61.3 Å². The Morgan fingerprint density at radius 1 is 1.60 bits per heavy atom. The molecule has 0 fully saturated rings. The van der Waals surface area contributed by atoms with Crippen molar-refractivity contribution in [1.29, 1.82) is 0 Å². The normalized spacial score (nSPS) is 17.3. The van der Waals surface area contributed by atoms with Crippen LogP contribution in [0.3, 0.4) is 0 Å². The Morgan fingerprint density at radius 2 is 2.10 bits per heavy atom. The van der Waals surface area contributed by atoms with Gasteiger partial charge in [-0.1, -0.05) is 6.92 Å². The van der Waals surface area contributed by atoms with Gasteiger partial charge < -0.3 is 4.89 Å². The number of hydroxylamine groups is 2. The first-order chi connectivity index (χ1) is 4.48. The third kappa shape index (κ3) is 4.94. The van der Waals surface area contributed by atoms with Gasteiger partial charge in [-0.2, -0.15) is 5.06 Å². The third-order valence-electron chi connectivity index (χ3n) is 0.797. The molecule has 0 rings (SSSR count). The number of hydrogen-bond donors (Lipinski definition) is 1. The second kappa shape index (κ2) is 4.09. The summed E-state index contributed by atoms with van der Waals surface area (Å²) in [5.41, 5.74) is 0. The van der Waals surface area contributed by atoms with Gasteiger partial charge in [0.2, 0.25) is 0 Å². The molecule has 0 aliphatic rings. The minimum Gasteiger partial charge on any atom is -0.323 e. The lowest BCUT2D eigenvalue weighted by Gasteiger charge is -2.14. The highest BCUT2D eigenvalue weighted by Gasteiger charge is 2.18. The first-order valence-corrected chi connectivity index (χ1v) is 4.93. The number of nitrogens with zero attached hydrogens (tertiary/aromatic N) is 1. The van der Waals surface area contributed by atoms with Crippen LogP contribution in [0.1, 0.15) is 13.3 Å². The van der Waals surface area contributed by atoms with Gasteiger partial charge in [-0.15, -0.1) is 0 Å². The van der Waals surface area contributed by atoms with Crippen molar-refractivity contribution >= 4 is 7.60 Å². The quantitative estimate of drug-likeness (QED) is 0.502. The molecule has 1 unspecified atom stereocenters. The van der Waals surface area contributed by atoms with E-state index >= 15 is 0 Å². The lowest BCUT2D eigenvalue weighted by Crippen LogP contribution is -2.11. The van der Waals surface area contributed by atoms with Crippen molar-refractivity contribution in [3.8, 4) is 0 Å². The molecule has 1 N–H and O–H groups in total. The Kier molecular flexibility index (Phi) is 4.13. The van der Waals surface area contributed by atoms with Crippen molar-refractivity contribution in [1.82, 2.24) is 5.06 Å². The average molecular weight is 167 g/mol. The summed E-state index contributed by atoms with van der Waals surface area (Å²) in [6.45, 7) is 1.84. The zero-order chi connectivity index (χ0) is 8.20. The molecule has 10 heavy (non-hydrogen) atoms. The van der Waals surface area contributed by atoms with E-state index in [9.17, 15) is 4.57 Å². The predicted octanol–water partition coefficient (Wildman–Crippen LogP) is 1.07. The Balaban J connectivity index is 3.75. The molecule has 0 radical (unpaired) electrons. The van der Waals surface area contributed by atoms with Crippen LogP contribution in [0.4, 0.5) is 0 Å². The molecule has 0 bridgehead atoms. The minimum absolute atomic E-state index is 0.213. The van der Waals surface area contributed by atoms with Crippen molar-refractivity contribution in [2.24, 2.45) is 0 Å². The van der Waals surface area contributed by atoms with Gasteiger partial charge >= 0.3 is 7.60 Å². The summed E-state index contributed by atoms with van der Waals surface area (Å²) in [4.78, 5) is 8.98. The summed E-state index contributed by atoms with van der Waals surface area (Å²) in [5.74, 6) is 0. The topological polar surface area (TPSA) is 49.8 Å². The van der Waals surface area contributed by atoms with Gasteiger partial charge in [-0.05, 0) is 6.42 Å². The molecule has 0 aromatic rings. The van der Waals surface area contributed by atoms with Crippen LogP contribution >= 0.6 is 7.60 Å². The third-order valence-corrected chi connectivity index (χ3v) is 2.39. The summed E-state index contributed by atoms with van der Waals surface area (Å²) in [5, 5.41) is 1.25. The van der Waals surface area contributed by atoms with Gasteiger partial charge in [0.05, 0.1) is 6.16 Å². The van der Waals surface area contributed by atoms with Gasteiger partial charge in [0.15, 0.2) is 0 Å². The molecular formula is C5H14NO3P. The van der Waals surface area contributed by atoms with Crippen LogP contribution in [0, 0.1) is 0 Å². The summed E-state index contributed by atoms with van der Waals surface area (Å²) in [6, 6.07) is 0. The van der Waals surface area contributed by atoms with E-state index in [1.54, 1.807) is 14.1 Å². The lowest BCUT2D eigenvalue weighted by molar-refractivity contribution is -0.0145. The molecule has 0 aromatic heterocycles. The van der Waals surface area contributed by atoms with Crippen molar-refractivity contribution in [2.75, 3.05) is 20.3 Å². The first-order valence-electron chi connectivity index (χ1n) is 3.17. The fraction of sp³-hybridized carbons (Fsp3) is 1.00. The summed E-state index contributed by atoms with van der Waals surface area (Å²) < 4.78 is 15.5. The van der Waals surface area contributed by atoms with E-state index in [0.29, 0.717) is 6.42 Å². The molecule has 0 heterocycles. The van der Waals surface area contributed by atoms with Crippen LogP contribution in [0.5, 0.6) is 0 Å². The molecular weight excluding hydrogens is 153 g/mol. The minimum atomic E-state index is -3.32. The van der Waals surface area contributed by atoms with Crippen LogP contribution < -0.4 is 0 Å². The number of hydrogen-bond acceptors (Lipinski definition) is 3. The van der Waals surface area contributed by atoms with Crippen LogP contribution in [0.15, 0.2) is 0 Å². The van der Waals surface area contributed by atoms with E-state index in [2.05, 4.69) is 4.62 Å². The maximum absolute atomic E-state index is 10.9. The smallest absolute Gasteiger partial charge is 0.323 e. The van der Waals surface area contributed by atoms with Gasteiger partial charge in [0.25, 0.3) is 0 Å². The maximum atomic E-state index is 10.9. The van der Waals surface area contributed by atoms with Crippen molar-refractivity contribution in [3.63, 3.8) is 0 Å². The Hall–Kier alpha value is 0.110. The zero-order valence-electron chi connectivity index (χ0n) is 6.57. The van der Waals surface area contributed by atoms with E-state index in [4.69, 9.17) is 4.89 Å². The second-order valence-electron chi connectivity index (χ2n) is 2.26. The van der Waals surface area contributed by atoms with Crippen molar-refractivity contribution in [2.45, 2.75) is 13.3 Å². The molecule has 0 aliphatic heterocycles. The van der Waals surface area contributed by atoms with Crippen molar-refractivity contribution < 1.29 is 14.1 Å². The molecule has 0 spiro atoms. The van der Waals surface area contributed by atoms with Crippen LogP contribution in [0.25, 0.3) is 0 Å². The van der Waals surface area contributed by atoms with Crippen LogP contribution in [-0.4, -0.2) is 30.2 Å². The highest BCUT2D eigenvalue weighted by molar-refractivity contribution is 7.52. The van der Waals surface area contributed by atoms with E-state index in [-0.39, 0.29) is 6.16 Å². The highest BCUT2D eigenvalue weighted by atomic mass is 31.2. The van der Waals surface area contributed by atoms with E-state index in [1.807, 2.05) is 6.92 Å². The molecule has 5 heteroatoms. The monoisotopic (exact) mass is 167 g/mol. The standard InChI is InChI=1S/C5H14NO3P/c1-4-5-10(7,8)9-6(2)3/h4-5H2,1-3H3,(H,7,8). The second-order valence-corrected chi connectivity index (χ2v) is 4.14. The molecule has 0 saturated carbocycles. The lowest BCUT2D eigenvalue weighted by atomic mass is 10.6. The fourth-order valence-electron chi connectivity index (χ4n) is 0.579. The Morgan fingerprint density at radius 3 is 2.40 bits per heavy atom. The molecule has 62 valence electrons. The van der Waals surface area contributed by atoms with E-state index in [0.717, 1.165) is 0 Å². The highest BCUT2D eigenvalue weighted by Crippen LogP contribution is 2.42. The fourth-order valence-corrected chi connectivity index (χ4v) is 1.74. The van der Waals surface area contributed by atoms with Gasteiger partial charge in [0.1, 0.15) is 0 Å². The predicted molar refractivity (Wildman–Crippen MR) is 39.8 cm³/mol. The zero-order valence-corrected chi connectivity index (χ0v) is 7.47. The van der Waals surface area contributed by atoms with E-state index in [1.165, 1.54) is 5.06 Å². The van der Waals surface area contributed by atoms with Gasteiger partial charge in [-0.25, -0.2) is 4.62 Å². The average Bonchev–Trinajstić information content (AvgIpc) is 1.59. The largest absolute Gasteiger partial charge is 0.344 e. The molecule has 0 saturated heterocycles. The van der Waals surface area contributed by atoms with Gasteiger partial charge in [-0.3, -0.25) is 4.57 Å². The van der Waals surface area contributed by atoms with Crippen molar-refractivity contribution in [3.05, 3.63) is 0 Å². The molecule has 0 aliphatic carbocycles.